The summed E-state index contributed by atoms with van der Waals surface area (Å²) >= 11 is 1.14. The fraction of sp³-hybridized carbons (Fsp3) is 0.543. The Kier molecular flexibility index (Phi) is 9.82. The second kappa shape index (κ2) is 14.3. The second-order valence-electron chi connectivity index (χ2n) is 13.5. The molecule has 3 aliphatic rings. The van der Waals surface area contributed by atoms with Gasteiger partial charge in [-0.25, -0.2) is 13.8 Å². The lowest BCUT2D eigenvalue weighted by molar-refractivity contribution is -0.153. The number of ether oxygens (including phenoxy) is 3. The van der Waals surface area contributed by atoms with Crippen molar-refractivity contribution in [1.82, 2.24) is 33.9 Å². The van der Waals surface area contributed by atoms with Gasteiger partial charge < -0.3 is 24.0 Å². The standard InChI is InChI=1S/C35H42FN7O7S/c1-22-28-29(44)42(35(2,32(45)39-14-4-5-15-39)33(46)40-16-6-7-17-40)34(47)41(31(28)51-30(22)43-37-12-13-38-43)21-27(50-24-10-18-49-19-11-24)25-20-23(36)8-9-26(25)48-3/h8-9,12-13,20,24,27H,4-7,10-11,14-19,21H2,1-3H3. The number of amides is 2. The number of thiophene rings is 1. The zero-order valence-electron chi connectivity index (χ0n) is 29.0. The highest BCUT2D eigenvalue weighted by atomic mass is 32.1. The van der Waals surface area contributed by atoms with Crippen LogP contribution in [0, 0.1) is 12.7 Å². The molecular weight excluding hydrogens is 681 g/mol. The summed E-state index contributed by atoms with van der Waals surface area (Å²) in [7, 11) is 1.47. The van der Waals surface area contributed by atoms with Crippen LogP contribution >= 0.6 is 11.3 Å². The first-order chi connectivity index (χ1) is 24.6. The molecule has 3 aliphatic heterocycles. The van der Waals surface area contributed by atoms with E-state index in [9.17, 15) is 18.8 Å². The number of halogens is 1. The number of nitrogens with zero attached hydrogens (tertiary/aromatic N) is 7. The Hall–Kier alpha value is -4.41. The molecule has 7 rings (SSSR count). The SMILES string of the molecule is COc1ccc(F)cc1C(Cn1c(=O)n(C(C)(C(=O)N2CCCC2)C(=O)N2CCCC2)c(=O)c2c(C)c(-n3nccn3)sc21)OC1CCOCC1. The maximum absolute atomic E-state index is 15.1. The highest BCUT2D eigenvalue weighted by Crippen LogP contribution is 2.36. The number of methoxy groups -OCH3 is 1. The van der Waals surface area contributed by atoms with Gasteiger partial charge in [0.25, 0.3) is 17.4 Å². The quantitative estimate of drug-likeness (QED) is 0.226. The summed E-state index contributed by atoms with van der Waals surface area (Å²) in [4.78, 5) is 64.0. The molecule has 0 spiro atoms. The number of hydrogen-bond donors (Lipinski definition) is 0. The molecule has 1 atom stereocenters. The van der Waals surface area contributed by atoms with E-state index in [4.69, 9.17) is 14.2 Å². The molecule has 2 amide bonds. The van der Waals surface area contributed by atoms with Crippen molar-refractivity contribution < 1.29 is 28.2 Å². The van der Waals surface area contributed by atoms with E-state index in [0.717, 1.165) is 41.6 Å². The maximum atomic E-state index is 15.1. The van der Waals surface area contributed by atoms with Crippen LogP contribution < -0.4 is 16.0 Å². The van der Waals surface area contributed by atoms with Gasteiger partial charge in [-0.15, -0.1) is 4.80 Å². The molecule has 4 aromatic rings. The molecule has 0 bridgehead atoms. The van der Waals surface area contributed by atoms with Crippen LogP contribution in [-0.4, -0.2) is 98.3 Å². The number of hydrogen-bond acceptors (Lipinski definition) is 10. The van der Waals surface area contributed by atoms with E-state index in [-0.39, 0.29) is 22.9 Å². The van der Waals surface area contributed by atoms with Crippen molar-refractivity contribution in [3.63, 3.8) is 0 Å². The monoisotopic (exact) mass is 723 g/mol. The average Bonchev–Trinajstić information content (AvgIpc) is 3.98. The van der Waals surface area contributed by atoms with E-state index in [1.54, 1.807) is 16.7 Å². The van der Waals surface area contributed by atoms with Crippen LogP contribution in [0.2, 0.25) is 0 Å². The molecule has 0 saturated carbocycles. The minimum absolute atomic E-state index is 0.151. The van der Waals surface area contributed by atoms with Crippen molar-refractivity contribution >= 4 is 33.4 Å². The molecule has 1 unspecified atom stereocenters. The lowest BCUT2D eigenvalue weighted by atomic mass is 9.97. The van der Waals surface area contributed by atoms with Crippen molar-refractivity contribution in [3.05, 3.63) is 68.4 Å². The van der Waals surface area contributed by atoms with E-state index >= 15 is 4.79 Å². The number of carbonyl (C=O) groups is 2. The minimum Gasteiger partial charge on any atom is -0.496 e. The lowest BCUT2D eigenvalue weighted by Gasteiger charge is -2.36. The molecule has 0 N–H and O–H groups in total. The van der Waals surface area contributed by atoms with Crippen LogP contribution in [0.1, 0.15) is 62.7 Å². The Morgan fingerprint density at radius 3 is 2.22 bits per heavy atom. The van der Waals surface area contributed by atoms with Gasteiger partial charge in [-0.3, -0.25) is 19.0 Å². The molecule has 3 fully saturated rings. The second-order valence-corrected chi connectivity index (χ2v) is 14.4. The van der Waals surface area contributed by atoms with Crippen LogP contribution in [0.5, 0.6) is 5.75 Å². The average molecular weight is 724 g/mol. The first kappa shape index (κ1) is 35.0. The zero-order valence-corrected chi connectivity index (χ0v) is 29.8. The van der Waals surface area contributed by atoms with Crippen LogP contribution in [0.15, 0.2) is 40.2 Å². The largest absolute Gasteiger partial charge is 0.496 e. The fourth-order valence-electron chi connectivity index (χ4n) is 7.52. The number of rotatable bonds is 10. The fourth-order valence-corrected chi connectivity index (χ4v) is 8.74. The zero-order chi connectivity index (χ0) is 35.9. The third-order valence-corrected chi connectivity index (χ3v) is 11.5. The molecule has 272 valence electrons. The van der Waals surface area contributed by atoms with E-state index in [0.29, 0.717) is 74.1 Å². The van der Waals surface area contributed by atoms with E-state index in [2.05, 4.69) is 10.2 Å². The van der Waals surface area contributed by atoms with Gasteiger partial charge in [0.05, 0.1) is 37.5 Å². The van der Waals surface area contributed by atoms with E-state index in [1.165, 1.54) is 54.0 Å². The van der Waals surface area contributed by atoms with E-state index < -0.39 is 40.5 Å². The third-order valence-electron chi connectivity index (χ3n) is 10.3. The number of aromatic nitrogens is 5. The highest BCUT2D eigenvalue weighted by Gasteiger charge is 2.51. The third kappa shape index (κ3) is 6.26. The van der Waals surface area contributed by atoms with Gasteiger partial charge in [-0.1, -0.05) is 11.3 Å². The molecule has 0 radical (unpaired) electrons. The van der Waals surface area contributed by atoms with Gasteiger partial charge in [0.1, 0.15) is 27.5 Å². The van der Waals surface area contributed by atoms with Crippen molar-refractivity contribution in [1.29, 1.82) is 0 Å². The molecule has 3 saturated heterocycles. The predicted octanol–water partition coefficient (Wildman–Crippen LogP) is 3.16. The summed E-state index contributed by atoms with van der Waals surface area (Å²) in [6.45, 7) is 5.56. The lowest BCUT2D eigenvalue weighted by Crippen LogP contribution is -2.64. The molecule has 3 aromatic heterocycles. The topological polar surface area (TPSA) is 143 Å². The highest BCUT2D eigenvalue weighted by molar-refractivity contribution is 7.21. The molecule has 14 nitrogen and oxygen atoms in total. The number of fused-ring (bicyclic) bond motifs is 1. The summed E-state index contributed by atoms with van der Waals surface area (Å²) in [6.07, 6.45) is 5.97. The normalized spacial score (nSPS) is 17.8. The van der Waals surface area contributed by atoms with Crippen LogP contribution in [-0.2, 0) is 31.1 Å². The predicted molar refractivity (Wildman–Crippen MR) is 186 cm³/mol. The molecule has 51 heavy (non-hydrogen) atoms. The number of aryl methyl sites for hydroxylation is 1. The van der Waals surface area contributed by atoms with Crippen LogP contribution in [0.3, 0.4) is 0 Å². The Morgan fingerprint density at radius 2 is 1.63 bits per heavy atom. The number of benzene rings is 1. The number of likely N-dealkylation sites (tertiary alicyclic amines) is 2. The van der Waals surface area contributed by atoms with Crippen molar-refractivity contribution in [3.8, 4) is 10.8 Å². The van der Waals surface area contributed by atoms with Crippen molar-refractivity contribution in [2.45, 2.75) is 76.7 Å². The van der Waals surface area contributed by atoms with Gasteiger partial charge in [-0.2, -0.15) is 10.2 Å². The first-order valence-electron chi connectivity index (χ1n) is 17.4. The molecular formula is C35H42FN7O7S. The van der Waals surface area contributed by atoms with Gasteiger partial charge in [0.15, 0.2) is 0 Å². The summed E-state index contributed by atoms with van der Waals surface area (Å²) < 4.78 is 35.0. The maximum Gasteiger partial charge on any atom is 0.333 e. The molecule has 0 aliphatic carbocycles. The summed E-state index contributed by atoms with van der Waals surface area (Å²) in [5.41, 5.74) is -2.94. The van der Waals surface area contributed by atoms with Gasteiger partial charge >= 0.3 is 5.69 Å². The Balaban J connectivity index is 1.49. The Bertz CT molecular complexity index is 2010. The van der Waals surface area contributed by atoms with Crippen molar-refractivity contribution in [2.75, 3.05) is 46.5 Å². The van der Waals surface area contributed by atoms with Gasteiger partial charge in [0, 0.05) is 50.5 Å². The van der Waals surface area contributed by atoms with Gasteiger partial charge in [-0.05, 0) is 70.6 Å². The molecule has 1 aromatic carbocycles. The minimum atomic E-state index is -2.18. The molecule has 16 heteroatoms. The smallest absolute Gasteiger partial charge is 0.333 e. The van der Waals surface area contributed by atoms with Gasteiger partial charge in [0.2, 0.25) is 5.54 Å². The summed E-state index contributed by atoms with van der Waals surface area (Å²) in [6, 6.07) is 4.10. The van der Waals surface area contributed by atoms with E-state index in [1.807, 2.05) is 0 Å². The van der Waals surface area contributed by atoms with Crippen molar-refractivity contribution in [2.24, 2.45) is 0 Å². The van der Waals surface area contributed by atoms with Crippen LogP contribution in [0.4, 0.5) is 4.39 Å². The number of carbonyl (C=O) groups excluding carboxylic acids is 2. The Morgan fingerprint density at radius 1 is 1.02 bits per heavy atom. The molecule has 6 heterocycles. The van der Waals surface area contributed by atoms with Crippen LogP contribution in [0.25, 0.3) is 15.2 Å². The first-order valence-corrected chi connectivity index (χ1v) is 18.3. The Labute approximate surface area is 297 Å². The summed E-state index contributed by atoms with van der Waals surface area (Å²) in [5, 5.41) is 9.19. The summed E-state index contributed by atoms with van der Waals surface area (Å²) in [5.74, 6) is -1.35.